The Bertz CT molecular complexity index is 873. The molecule has 0 unspecified atom stereocenters. The molecule has 3 rings (SSSR count). The molecule has 0 aromatic heterocycles. The first kappa shape index (κ1) is 15.4. The fourth-order valence-electron chi connectivity index (χ4n) is 2.25. The van der Waals surface area contributed by atoms with Crippen LogP contribution in [0.1, 0.15) is 15.9 Å². The van der Waals surface area contributed by atoms with Gasteiger partial charge in [0.05, 0.1) is 10.5 Å². The van der Waals surface area contributed by atoms with Crippen molar-refractivity contribution in [1.29, 1.82) is 0 Å². The normalized spacial score (nSPS) is 10.2. The van der Waals surface area contributed by atoms with E-state index in [0.717, 1.165) is 0 Å². The Labute approximate surface area is 138 Å². The summed E-state index contributed by atoms with van der Waals surface area (Å²) < 4.78 is 5.74. The fraction of sp³-hybridized carbons (Fsp3) is 0. The van der Waals surface area contributed by atoms with E-state index in [0.29, 0.717) is 22.6 Å². The van der Waals surface area contributed by atoms with Crippen LogP contribution in [-0.4, -0.2) is 10.7 Å². The predicted octanol–water partition coefficient (Wildman–Crippen LogP) is 4.62. The summed E-state index contributed by atoms with van der Waals surface area (Å²) in [6, 6.07) is 21.6. The number of ketones is 1. The molecule has 0 saturated carbocycles. The third-order valence-electron chi connectivity index (χ3n) is 3.44. The lowest BCUT2D eigenvalue weighted by Crippen LogP contribution is -2.03. The Morgan fingerprint density at radius 2 is 1.46 bits per heavy atom. The van der Waals surface area contributed by atoms with Gasteiger partial charge in [0.1, 0.15) is 11.5 Å². The van der Waals surface area contributed by atoms with Crippen LogP contribution in [-0.2, 0) is 0 Å². The van der Waals surface area contributed by atoms with E-state index < -0.39 is 4.92 Å². The minimum absolute atomic E-state index is 0.0176. The van der Waals surface area contributed by atoms with Crippen molar-refractivity contribution in [1.82, 2.24) is 0 Å². The molecule has 0 heterocycles. The third-order valence-corrected chi connectivity index (χ3v) is 3.44. The van der Waals surface area contributed by atoms with Crippen molar-refractivity contribution in [2.75, 3.05) is 0 Å². The van der Waals surface area contributed by atoms with E-state index in [4.69, 9.17) is 4.74 Å². The minimum atomic E-state index is -0.476. The third kappa shape index (κ3) is 3.30. The highest BCUT2D eigenvalue weighted by molar-refractivity contribution is 6.10. The molecule has 0 fully saturated rings. The molecule has 0 spiro atoms. The summed E-state index contributed by atoms with van der Waals surface area (Å²) in [6.45, 7) is 0. The number of carbonyl (C=O) groups is 1. The molecule has 5 heteroatoms. The second-order valence-electron chi connectivity index (χ2n) is 5.04. The highest BCUT2D eigenvalue weighted by Gasteiger charge is 2.15. The molecule has 24 heavy (non-hydrogen) atoms. The molecule has 0 saturated heterocycles. The van der Waals surface area contributed by atoms with Gasteiger partial charge in [-0.05, 0) is 24.3 Å². The van der Waals surface area contributed by atoms with Crippen LogP contribution >= 0.6 is 0 Å². The minimum Gasteiger partial charge on any atom is -0.457 e. The molecule has 0 N–H and O–H groups in total. The summed E-state index contributed by atoms with van der Waals surface area (Å²) in [5.41, 5.74) is 0.982. The van der Waals surface area contributed by atoms with Gasteiger partial charge in [-0.2, -0.15) is 0 Å². The van der Waals surface area contributed by atoms with Crippen LogP contribution < -0.4 is 4.74 Å². The molecule has 5 nitrogen and oxygen atoms in total. The quantitative estimate of drug-likeness (QED) is 0.391. The van der Waals surface area contributed by atoms with Gasteiger partial charge in [0.15, 0.2) is 5.78 Å². The molecule has 0 aliphatic heterocycles. The number of hydrogen-bond donors (Lipinski definition) is 0. The highest BCUT2D eigenvalue weighted by atomic mass is 16.6. The smallest absolute Gasteiger partial charge is 0.269 e. The van der Waals surface area contributed by atoms with E-state index in [-0.39, 0.29) is 11.5 Å². The van der Waals surface area contributed by atoms with Crippen molar-refractivity contribution in [3.05, 3.63) is 100 Å². The molecule has 118 valence electrons. The van der Waals surface area contributed by atoms with Crippen LogP contribution in [0.5, 0.6) is 11.5 Å². The molecule has 3 aromatic carbocycles. The molecule has 0 bridgehead atoms. The molecule has 0 radical (unpaired) electrons. The number of ether oxygens (including phenoxy) is 1. The monoisotopic (exact) mass is 319 g/mol. The number of benzene rings is 3. The van der Waals surface area contributed by atoms with Crippen LogP contribution in [0, 0.1) is 10.1 Å². The zero-order valence-corrected chi connectivity index (χ0v) is 12.6. The number of nitro benzene ring substituents is 1. The average molecular weight is 319 g/mol. The standard InChI is InChI=1S/C19H13NO4/c21-19(14-6-2-1-3-7-14)17-8-4-5-9-18(17)24-16-12-10-15(11-13-16)20(22)23/h1-13H. The van der Waals surface area contributed by atoms with Crippen molar-refractivity contribution in [3.63, 3.8) is 0 Å². The topological polar surface area (TPSA) is 69.4 Å². The first-order valence-corrected chi connectivity index (χ1v) is 7.26. The van der Waals surface area contributed by atoms with E-state index in [1.165, 1.54) is 24.3 Å². The van der Waals surface area contributed by atoms with Gasteiger partial charge in [0.2, 0.25) is 0 Å². The van der Waals surface area contributed by atoms with Crippen LogP contribution in [0.4, 0.5) is 5.69 Å². The maximum Gasteiger partial charge on any atom is 0.269 e. The van der Waals surface area contributed by atoms with Gasteiger partial charge in [0, 0.05) is 17.7 Å². The van der Waals surface area contributed by atoms with Gasteiger partial charge in [-0.1, -0.05) is 42.5 Å². The van der Waals surface area contributed by atoms with Crippen molar-refractivity contribution < 1.29 is 14.5 Å². The lowest BCUT2D eigenvalue weighted by atomic mass is 10.0. The van der Waals surface area contributed by atoms with E-state index in [1.54, 1.807) is 48.5 Å². The SMILES string of the molecule is O=C(c1ccccc1)c1ccccc1Oc1ccc([N+](=O)[O-])cc1. The Hall–Kier alpha value is -3.47. The zero-order chi connectivity index (χ0) is 16.9. The van der Waals surface area contributed by atoms with Crippen LogP contribution in [0.3, 0.4) is 0 Å². The number of nitrogens with zero attached hydrogens (tertiary/aromatic N) is 1. The summed E-state index contributed by atoms with van der Waals surface area (Å²) in [6.07, 6.45) is 0. The largest absolute Gasteiger partial charge is 0.457 e. The Balaban J connectivity index is 1.89. The van der Waals surface area contributed by atoms with Gasteiger partial charge in [0.25, 0.3) is 5.69 Å². The molecule has 0 aliphatic rings. The summed E-state index contributed by atoms with van der Waals surface area (Å²) >= 11 is 0. The maximum absolute atomic E-state index is 12.6. The predicted molar refractivity (Wildman–Crippen MR) is 89.5 cm³/mol. The summed E-state index contributed by atoms with van der Waals surface area (Å²) in [7, 11) is 0. The summed E-state index contributed by atoms with van der Waals surface area (Å²) in [5, 5.41) is 10.7. The van der Waals surface area contributed by atoms with Crippen molar-refractivity contribution in [2.45, 2.75) is 0 Å². The number of rotatable bonds is 5. The Kier molecular flexibility index (Phi) is 4.34. The molecular weight excluding hydrogens is 306 g/mol. The van der Waals surface area contributed by atoms with E-state index in [2.05, 4.69) is 0 Å². The van der Waals surface area contributed by atoms with Crippen molar-refractivity contribution in [3.8, 4) is 11.5 Å². The fourth-order valence-corrected chi connectivity index (χ4v) is 2.25. The highest BCUT2D eigenvalue weighted by Crippen LogP contribution is 2.28. The van der Waals surface area contributed by atoms with Gasteiger partial charge in [-0.3, -0.25) is 14.9 Å². The van der Waals surface area contributed by atoms with E-state index in [1.807, 2.05) is 6.07 Å². The second-order valence-corrected chi connectivity index (χ2v) is 5.04. The van der Waals surface area contributed by atoms with Gasteiger partial charge < -0.3 is 4.74 Å². The summed E-state index contributed by atoms with van der Waals surface area (Å²) in [5.74, 6) is 0.683. The first-order valence-electron chi connectivity index (χ1n) is 7.26. The van der Waals surface area contributed by atoms with Crippen molar-refractivity contribution in [2.24, 2.45) is 0 Å². The lowest BCUT2D eigenvalue weighted by molar-refractivity contribution is -0.384. The molecule has 0 atom stereocenters. The second kappa shape index (κ2) is 6.75. The number of para-hydroxylation sites is 1. The van der Waals surface area contributed by atoms with E-state index in [9.17, 15) is 14.9 Å². The Morgan fingerprint density at radius 3 is 2.12 bits per heavy atom. The molecular formula is C19H13NO4. The molecule has 3 aromatic rings. The van der Waals surface area contributed by atoms with Gasteiger partial charge >= 0.3 is 0 Å². The van der Waals surface area contributed by atoms with E-state index >= 15 is 0 Å². The number of hydrogen-bond acceptors (Lipinski definition) is 4. The van der Waals surface area contributed by atoms with Crippen LogP contribution in [0.25, 0.3) is 0 Å². The Morgan fingerprint density at radius 1 is 0.833 bits per heavy atom. The maximum atomic E-state index is 12.6. The summed E-state index contributed by atoms with van der Waals surface area (Å²) in [4.78, 5) is 22.8. The average Bonchev–Trinajstić information content (AvgIpc) is 2.63. The number of carbonyl (C=O) groups excluding carboxylic acids is 1. The molecule has 0 aliphatic carbocycles. The van der Waals surface area contributed by atoms with Gasteiger partial charge in [-0.15, -0.1) is 0 Å². The van der Waals surface area contributed by atoms with Crippen molar-refractivity contribution >= 4 is 11.5 Å². The van der Waals surface area contributed by atoms with Crippen LogP contribution in [0.2, 0.25) is 0 Å². The zero-order valence-electron chi connectivity index (χ0n) is 12.6. The number of nitro groups is 1. The van der Waals surface area contributed by atoms with Gasteiger partial charge in [-0.25, -0.2) is 0 Å². The molecule has 0 amide bonds. The number of non-ortho nitro benzene ring substituents is 1. The first-order chi connectivity index (χ1) is 11.6. The lowest BCUT2D eigenvalue weighted by Gasteiger charge is -2.10. The van der Waals surface area contributed by atoms with Crippen LogP contribution in [0.15, 0.2) is 78.9 Å².